The van der Waals surface area contributed by atoms with E-state index in [0.29, 0.717) is 17.9 Å². The fourth-order valence-corrected chi connectivity index (χ4v) is 6.87. The van der Waals surface area contributed by atoms with E-state index in [-0.39, 0.29) is 35.5 Å². The predicted octanol–water partition coefficient (Wildman–Crippen LogP) is 7.54. The van der Waals surface area contributed by atoms with Gasteiger partial charge in [-0.25, -0.2) is 8.42 Å². The Morgan fingerprint density at radius 2 is 1.28 bits per heavy atom. The number of para-hydroxylation sites is 1. The van der Waals surface area contributed by atoms with Crippen LogP contribution in [0.15, 0.2) is 144 Å². The minimum Gasteiger partial charge on any atom is -0.457 e. The molecule has 0 radical (unpaired) electrons. The first-order valence-corrected chi connectivity index (χ1v) is 18.2. The van der Waals surface area contributed by atoms with Crippen molar-refractivity contribution in [3.05, 3.63) is 156 Å². The monoisotopic (exact) mass is 689 g/mol. The van der Waals surface area contributed by atoms with Gasteiger partial charge >= 0.3 is 0 Å². The normalized spacial score (nSPS) is 12.4. The molecular weight excluding hydrogens is 647 g/mol. The third-order valence-corrected chi connectivity index (χ3v) is 10.2. The molecule has 0 unspecified atom stereocenters. The molecule has 258 valence electrons. The first kappa shape index (κ1) is 35.9. The van der Waals surface area contributed by atoms with E-state index >= 15 is 0 Å². The van der Waals surface area contributed by atoms with E-state index in [4.69, 9.17) is 4.74 Å². The molecule has 0 fully saturated rings. The first-order chi connectivity index (χ1) is 24.1. The second-order valence-electron chi connectivity index (χ2n) is 12.3. The van der Waals surface area contributed by atoms with Crippen molar-refractivity contribution in [1.82, 2.24) is 10.2 Å². The second-order valence-corrected chi connectivity index (χ2v) is 14.1. The van der Waals surface area contributed by atoms with Gasteiger partial charge in [-0.05, 0) is 79.9 Å². The number of carbonyl (C=O) groups is 2. The summed E-state index contributed by atoms with van der Waals surface area (Å²) in [7, 11) is -4.22. The number of sulfonamides is 1. The molecule has 0 aliphatic heterocycles. The number of hydrogen-bond acceptors (Lipinski definition) is 5. The van der Waals surface area contributed by atoms with Gasteiger partial charge in [-0.15, -0.1) is 0 Å². The van der Waals surface area contributed by atoms with Gasteiger partial charge in [0.2, 0.25) is 11.8 Å². The molecule has 5 rings (SSSR count). The van der Waals surface area contributed by atoms with E-state index in [2.05, 4.69) is 5.32 Å². The molecule has 50 heavy (non-hydrogen) atoms. The molecule has 5 aromatic rings. The Morgan fingerprint density at radius 1 is 0.720 bits per heavy atom. The van der Waals surface area contributed by atoms with E-state index in [1.54, 1.807) is 42.5 Å². The molecule has 8 nitrogen and oxygen atoms in total. The quantitative estimate of drug-likeness (QED) is 0.123. The van der Waals surface area contributed by atoms with Gasteiger partial charge < -0.3 is 15.0 Å². The van der Waals surface area contributed by atoms with Crippen LogP contribution in [0, 0.1) is 6.92 Å². The van der Waals surface area contributed by atoms with Gasteiger partial charge in [-0.1, -0.05) is 103 Å². The summed E-state index contributed by atoms with van der Waals surface area (Å²) >= 11 is 0. The lowest BCUT2D eigenvalue weighted by molar-refractivity contribution is -0.140. The molecule has 0 bridgehead atoms. The van der Waals surface area contributed by atoms with E-state index in [1.165, 1.54) is 17.0 Å². The average Bonchev–Trinajstić information content (AvgIpc) is 3.14. The summed E-state index contributed by atoms with van der Waals surface area (Å²) in [5.41, 5.74) is 3.03. The third-order valence-electron chi connectivity index (χ3n) is 8.46. The van der Waals surface area contributed by atoms with Gasteiger partial charge in [0.25, 0.3) is 10.0 Å². The van der Waals surface area contributed by atoms with Gasteiger partial charge in [0.05, 0.1) is 10.6 Å². The standard InChI is InChI=1S/C41H43N3O5S/c1-4-32(3)42-41(46)39(28-33-14-8-5-9-15-33)43(29-34-22-20-31(2)21-23-34)40(45)30-44(50(47,48)38-18-12-7-13-19-38)35-24-26-37(27-25-35)49-36-16-10-6-11-17-36/h5-27,32,39H,4,28-30H2,1-3H3,(H,42,46)/t32-,39+/m0/s1. The maximum absolute atomic E-state index is 14.7. The number of carbonyl (C=O) groups excluding carboxylic acids is 2. The lowest BCUT2D eigenvalue weighted by atomic mass is 10.0. The summed E-state index contributed by atoms with van der Waals surface area (Å²) in [6.45, 7) is 5.45. The molecule has 0 aliphatic rings. The summed E-state index contributed by atoms with van der Waals surface area (Å²) < 4.78 is 35.6. The van der Waals surface area contributed by atoms with Gasteiger partial charge in [0.1, 0.15) is 24.1 Å². The Morgan fingerprint density at radius 3 is 1.88 bits per heavy atom. The van der Waals surface area contributed by atoms with Crippen molar-refractivity contribution in [2.24, 2.45) is 0 Å². The van der Waals surface area contributed by atoms with Gasteiger partial charge in [-0.3, -0.25) is 13.9 Å². The van der Waals surface area contributed by atoms with Crippen molar-refractivity contribution in [3.8, 4) is 11.5 Å². The number of ether oxygens (including phenoxy) is 1. The topological polar surface area (TPSA) is 96.0 Å². The van der Waals surface area contributed by atoms with Crippen LogP contribution in [0.2, 0.25) is 0 Å². The third kappa shape index (κ3) is 9.39. The van der Waals surface area contributed by atoms with Gasteiger partial charge in [0, 0.05) is 19.0 Å². The van der Waals surface area contributed by atoms with Gasteiger partial charge in [0.15, 0.2) is 0 Å². The number of aryl methyl sites for hydroxylation is 1. The number of nitrogens with zero attached hydrogens (tertiary/aromatic N) is 2. The Hall–Kier alpha value is -5.41. The van der Waals surface area contributed by atoms with Crippen molar-refractivity contribution in [3.63, 3.8) is 0 Å². The predicted molar refractivity (Wildman–Crippen MR) is 197 cm³/mol. The zero-order valence-electron chi connectivity index (χ0n) is 28.6. The van der Waals surface area contributed by atoms with Crippen molar-refractivity contribution < 1.29 is 22.7 Å². The molecule has 5 aromatic carbocycles. The fourth-order valence-electron chi connectivity index (χ4n) is 5.44. The van der Waals surface area contributed by atoms with Gasteiger partial charge in [-0.2, -0.15) is 0 Å². The first-order valence-electron chi connectivity index (χ1n) is 16.7. The highest BCUT2D eigenvalue weighted by molar-refractivity contribution is 7.92. The lowest BCUT2D eigenvalue weighted by Gasteiger charge is -2.34. The molecule has 2 atom stereocenters. The number of rotatable bonds is 15. The minimum absolute atomic E-state index is 0.0397. The molecular formula is C41H43N3O5S. The molecule has 2 amide bonds. The zero-order chi connectivity index (χ0) is 35.5. The van der Waals surface area contributed by atoms with Crippen LogP contribution < -0.4 is 14.4 Å². The minimum atomic E-state index is -4.22. The molecule has 0 saturated heterocycles. The summed E-state index contributed by atoms with van der Waals surface area (Å²) in [5.74, 6) is 0.323. The Labute approximate surface area is 295 Å². The average molecular weight is 690 g/mol. The van der Waals surface area contributed by atoms with Crippen molar-refractivity contribution in [2.75, 3.05) is 10.8 Å². The van der Waals surface area contributed by atoms with Crippen LogP contribution in [0.4, 0.5) is 5.69 Å². The fraction of sp³-hybridized carbons (Fsp3) is 0.220. The number of benzene rings is 5. The van der Waals surface area contributed by atoms with Crippen LogP contribution in [0.25, 0.3) is 0 Å². The highest BCUT2D eigenvalue weighted by Gasteiger charge is 2.35. The highest BCUT2D eigenvalue weighted by Crippen LogP contribution is 2.29. The second kappa shape index (κ2) is 16.8. The number of amides is 2. The molecule has 0 saturated carbocycles. The van der Waals surface area contributed by atoms with Crippen LogP contribution in [-0.4, -0.2) is 43.8 Å². The van der Waals surface area contributed by atoms with Crippen LogP contribution in [0.5, 0.6) is 11.5 Å². The summed E-state index contributed by atoms with van der Waals surface area (Å²) in [6.07, 6.45) is 0.959. The maximum atomic E-state index is 14.7. The van der Waals surface area contributed by atoms with Crippen molar-refractivity contribution in [2.45, 2.75) is 57.1 Å². The molecule has 1 N–H and O–H groups in total. The summed E-state index contributed by atoms with van der Waals surface area (Å²) in [5, 5.41) is 3.07. The summed E-state index contributed by atoms with van der Waals surface area (Å²) in [6, 6.07) is 40.1. The summed E-state index contributed by atoms with van der Waals surface area (Å²) in [4.78, 5) is 30.3. The van der Waals surface area contributed by atoms with E-state index in [0.717, 1.165) is 21.0 Å². The van der Waals surface area contributed by atoms with Crippen LogP contribution >= 0.6 is 0 Å². The highest BCUT2D eigenvalue weighted by atomic mass is 32.2. The Kier molecular flexibility index (Phi) is 12.1. The number of nitrogens with one attached hydrogen (secondary N) is 1. The number of anilines is 1. The van der Waals surface area contributed by atoms with Crippen LogP contribution in [0.3, 0.4) is 0 Å². The largest absolute Gasteiger partial charge is 0.457 e. The Bertz CT molecular complexity index is 1940. The lowest BCUT2D eigenvalue weighted by Crippen LogP contribution is -2.54. The van der Waals surface area contributed by atoms with E-state index in [9.17, 15) is 18.0 Å². The van der Waals surface area contributed by atoms with E-state index < -0.39 is 28.5 Å². The SMILES string of the molecule is CC[C@H](C)NC(=O)[C@@H](Cc1ccccc1)N(Cc1ccc(C)cc1)C(=O)CN(c1ccc(Oc2ccccc2)cc1)S(=O)(=O)c1ccccc1. The van der Waals surface area contributed by atoms with E-state index in [1.807, 2.05) is 106 Å². The molecule has 0 heterocycles. The molecule has 0 aliphatic carbocycles. The van der Waals surface area contributed by atoms with Crippen LogP contribution in [-0.2, 0) is 32.6 Å². The Balaban J connectivity index is 1.55. The molecule has 0 spiro atoms. The van der Waals surface area contributed by atoms with Crippen LogP contribution in [0.1, 0.15) is 37.0 Å². The maximum Gasteiger partial charge on any atom is 0.264 e. The van der Waals surface area contributed by atoms with Crippen molar-refractivity contribution >= 4 is 27.5 Å². The molecule has 0 aromatic heterocycles. The smallest absolute Gasteiger partial charge is 0.264 e. The molecule has 9 heteroatoms. The van der Waals surface area contributed by atoms with Crippen molar-refractivity contribution in [1.29, 1.82) is 0 Å². The zero-order valence-corrected chi connectivity index (χ0v) is 29.4. The number of hydrogen-bond donors (Lipinski definition) is 1.